The van der Waals surface area contributed by atoms with Crippen molar-refractivity contribution < 1.29 is 9.47 Å². The number of ether oxygens (including phenoxy) is 2. The first kappa shape index (κ1) is 38.8. The summed E-state index contributed by atoms with van der Waals surface area (Å²) in [7, 11) is 0. The minimum absolute atomic E-state index is 0.708. The van der Waals surface area contributed by atoms with Gasteiger partial charge >= 0.3 is 0 Å². The molecule has 0 radical (unpaired) electrons. The van der Waals surface area contributed by atoms with Crippen LogP contribution in [0.1, 0.15) is 5.56 Å². The number of anilines is 3. The lowest BCUT2D eigenvalue weighted by molar-refractivity contribution is 0.454. The fourth-order valence-electron chi connectivity index (χ4n) is 9.47. The molecule has 2 aromatic heterocycles. The number of hydrogen-bond acceptors (Lipinski definition) is 3. The van der Waals surface area contributed by atoms with E-state index >= 15 is 0 Å². The third-order valence-electron chi connectivity index (χ3n) is 12.6. The second kappa shape index (κ2) is 16.4. The number of aromatic nitrogens is 2. The van der Waals surface area contributed by atoms with E-state index in [1.165, 1.54) is 21.5 Å². The summed E-state index contributed by atoms with van der Waals surface area (Å²) in [4.78, 5) is 2.27. The Morgan fingerprint density at radius 1 is 0.318 bits per heavy atom. The Kier molecular flexibility index (Phi) is 9.65. The average Bonchev–Trinajstić information content (AvgIpc) is 3.90. The van der Waals surface area contributed by atoms with Gasteiger partial charge < -0.3 is 23.5 Å². The van der Waals surface area contributed by atoms with E-state index in [4.69, 9.17) is 9.47 Å². The molecule has 0 atom stereocenters. The molecule has 0 aliphatic rings. The van der Waals surface area contributed by atoms with E-state index in [0.717, 1.165) is 78.7 Å². The van der Waals surface area contributed by atoms with Crippen LogP contribution < -0.4 is 14.4 Å². The Labute approximate surface area is 383 Å². The third-order valence-corrected chi connectivity index (χ3v) is 12.6. The van der Waals surface area contributed by atoms with Crippen molar-refractivity contribution in [2.75, 3.05) is 4.90 Å². The number of rotatable bonds is 10. The van der Waals surface area contributed by atoms with E-state index in [0.29, 0.717) is 11.5 Å². The van der Waals surface area contributed by atoms with Gasteiger partial charge in [0.1, 0.15) is 23.0 Å². The molecule has 12 aromatic rings. The Morgan fingerprint density at radius 3 is 1.09 bits per heavy atom. The number of fused-ring (bicyclic) bond motifs is 6. The van der Waals surface area contributed by atoms with E-state index in [-0.39, 0.29) is 0 Å². The molecule has 0 aliphatic carbocycles. The number of para-hydroxylation sites is 6. The quantitative estimate of drug-likeness (QED) is 0.137. The highest BCUT2D eigenvalue weighted by atomic mass is 16.5. The van der Waals surface area contributed by atoms with Crippen LogP contribution in [0.5, 0.6) is 23.0 Å². The van der Waals surface area contributed by atoms with Crippen molar-refractivity contribution in [3.63, 3.8) is 0 Å². The topological polar surface area (TPSA) is 31.6 Å². The monoisotopic (exact) mass is 849 g/mol. The van der Waals surface area contributed by atoms with Crippen LogP contribution >= 0.6 is 0 Å². The highest BCUT2D eigenvalue weighted by molar-refractivity contribution is 6.10. The van der Waals surface area contributed by atoms with Gasteiger partial charge in [-0.15, -0.1) is 0 Å². The highest BCUT2D eigenvalue weighted by Gasteiger charge is 2.18. The molecule has 66 heavy (non-hydrogen) atoms. The molecular formula is C61H43N3O2. The van der Waals surface area contributed by atoms with E-state index in [1.807, 2.05) is 24.3 Å². The van der Waals surface area contributed by atoms with Gasteiger partial charge in [-0.3, -0.25) is 0 Å². The first-order valence-corrected chi connectivity index (χ1v) is 22.3. The molecule has 314 valence electrons. The second-order valence-electron chi connectivity index (χ2n) is 16.6. The third kappa shape index (κ3) is 6.91. The first-order chi connectivity index (χ1) is 32.6. The summed E-state index contributed by atoms with van der Waals surface area (Å²) in [6.07, 6.45) is 0. The number of benzene rings is 10. The van der Waals surface area contributed by atoms with Gasteiger partial charge in [-0.2, -0.15) is 0 Å². The van der Waals surface area contributed by atoms with Crippen LogP contribution in [-0.2, 0) is 0 Å². The lowest BCUT2D eigenvalue weighted by atomic mass is 10.0. The molecule has 0 unspecified atom stereocenters. The fraction of sp³-hybridized carbons (Fsp3) is 0.0164. The van der Waals surface area contributed by atoms with Crippen molar-refractivity contribution in [2.45, 2.75) is 6.92 Å². The largest absolute Gasteiger partial charge is 0.457 e. The Bertz CT molecular complexity index is 3390. The molecule has 0 saturated heterocycles. The first-order valence-electron chi connectivity index (χ1n) is 22.3. The average molecular weight is 850 g/mol. The smallest absolute Gasteiger partial charge is 0.134 e. The Hall–Kier alpha value is -8.80. The minimum atomic E-state index is 0.708. The summed E-state index contributed by atoms with van der Waals surface area (Å²) in [6.45, 7) is 2.07. The predicted molar refractivity (Wildman–Crippen MR) is 273 cm³/mol. The van der Waals surface area contributed by atoms with Gasteiger partial charge in [0.05, 0.1) is 22.1 Å². The number of nitrogens with zero attached hydrogens (tertiary/aromatic N) is 3. The van der Waals surface area contributed by atoms with E-state index in [2.05, 4.69) is 239 Å². The van der Waals surface area contributed by atoms with Gasteiger partial charge in [0.25, 0.3) is 0 Å². The van der Waals surface area contributed by atoms with Gasteiger partial charge in [-0.1, -0.05) is 133 Å². The van der Waals surface area contributed by atoms with Crippen molar-refractivity contribution in [3.05, 3.63) is 248 Å². The molecular weight excluding hydrogens is 807 g/mol. The Balaban J connectivity index is 0.956. The van der Waals surface area contributed by atoms with Crippen LogP contribution in [0.15, 0.2) is 243 Å². The van der Waals surface area contributed by atoms with Gasteiger partial charge in [-0.05, 0) is 115 Å². The van der Waals surface area contributed by atoms with Crippen LogP contribution in [0.25, 0.3) is 66.1 Å². The van der Waals surface area contributed by atoms with Gasteiger partial charge in [0, 0.05) is 67.7 Å². The molecule has 12 rings (SSSR count). The summed E-state index contributed by atoms with van der Waals surface area (Å²) in [5, 5.41) is 4.87. The normalized spacial score (nSPS) is 11.4. The molecule has 0 spiro atoms. The highest BCUT2D eigenvalue weighted by Crippen LogP contribution is 2.42. The SMILES string of the molecule is Cc1c(Oc2cccc(-n3c4ccccc4c4ccccc43)c2)cc(-c2ccc(N(c3ccccc3)c3ccccc3)cc2)cc1Oc1cccc(-n2c3ccccc3c3ccccc32)c1. The summed E-state index contributed by atoms with van der Waals surface area (Å²) in [6, 6.07) is 84.9. The van der Waals surface area contributed by atoms with E-state index < -0.39 is 0 Å². The van der Waals surface area contributed by atoms with Crippen LogP contribution in [-0.4, -0.2) is 9.13 Å². The molecule has 5 heteroatoms. The van der Waals surface area contributed by atoms with E-state index in [9.17, 15) is 0 Å². The summed E-state index contributed by atoms with van der Waals surface area (Å²) in [5.74, 6) is 2.87. The lowest BCUT2D eigenvalue weighted by Gasteiger charge is -2.25. The lowest BCUT2D eigenvalue weighted by Crippen LogP contribution is -2.09. The van der Waals surface area contributed by atoms with Crippen LogP contribution in [0.2, 0.25) is 0 Å². The van der Waals surface area contributed by atoms with Crippen molar-refractivity contribution in [1.82, 2.24) is 9.13 Å². The molecule has 10 aromatic carbocycles. The molecule has 0 bridgehead atoms. The number of hydrogen-bond donors (Lipinski definition) is 0. The molecule has 0 fully saturated rings. The van der Waals surface area contributed by atoms with Crippen LogP contribution in [0, 0.1) is 6.92 Å². The molecule has 0 saturated carbocycles. The molecule has 0 amide bonds. The summed E-state index contributed by atoms with van der Waals surface area (Å²) < 4.78 is 18.6. The van der Waals surface area contributed by atoms with Gasteiger partial charge in [-0.25, -0.2) is 0 Å². The van der Waals surface area contributed by atoms with Crippen molar-refractivity contribution in [3.8, 4) is 45.5 Å². The van der Waals surface area contributed by atoms with Crippen molar-refractivity contribution >= 4 is 60.7 Å². The summed E-state index contributed by atoms with van der Waals surface area (Å²) in [5.41, 5.74) is 12.8. The summed E-state index contributed by atoms with van der Waals surface area (Å²) >= 11 is 0. The fourth-order valence-corrected chi connectivity index (χ4v) is 9.47. The van der Waals surface area contributed by atoms with Crippen molar-refractivity contribution in [2.24, 2.45) is 0 Å². The molecule has 0 aliphatic heterocycles. The van der Waals surface area contributed by atoms with Crippen LogP contribution in [0.4, 0.5) is 17.1 Å². The van der Waals surface area contributed by atoms with Crippen molar-refractivity contribution in [1.29, 1.82) is 0 Å². The molecule has 5 nitrogen and oxygen atoms in total. The standard InChI is InChI=1S/C61H43N3O2/c1-42-60(65-50-24-16-22-48(40-50)63-56-30-12-8-26-52(56)53-27-9-13-31-57(53)63)38-44(43-34-36-47(37-35-43)62(45-18-4-2-5-19-45)46-20-6-3-7-21-46)39-61(42)66-51-25-17-23-49(41-51)64-58-32-14-10-28-54(58)55-29-11-15-33-59(55)64/h2-41H,1H3. The van der Waals surface area contributed by atoms with Crippen LogP contribution in [0.3, 0.4) is 0 Å². The second-order valence-corrected chi connectivity index (χ2v) is 16.6. The minimum Gasteiger partial charge on any atom is -0.457 e. The maximum atomic E-state index is 6.96. The maximum Gasteiger partial charge on any atom is 0.134 e. The van der Waals surface area contributed by atoms with Gasteiger partial charge in [0.2, 0.25) is 0 Å². The zero-order valence-electron chi connectivity index (χ0n) is 36.3. The molecule has 2 heterocycles. The molecule has 0 N–H and O–H groups in total. The van der Waals surface area contributed by atoms with E-state index in [1.54, 1.807) is 0 Å². The van der Waals surface area contributed by atoms with Gasteiger partial charge in [0.15, 0.2) is 0 Å². The predicted octanol–water partition coefficient (Wildman–Crippen LogP) is 16.9. The Morgan fingerprint density at radius 2 is 0.682 bits per heavy atom. The zero-order valence-corrected chi connectivity index (χ0v) is 36.3. The maximum absolute atomic E-state index is 6.96. The zero-order chi connectivity index (χ0) is 44.0.